The number of hydrogen-bond donors (Lipinski definition) is 2. The summed E-state index contributed by atoms with van der Waals surface area (Å²) in [5.74, 6) is -0.169. The number of amides is 2. The van der Waals surface area contributed by atoms with Crippen molar-refractivity contribution in [1.29, 1.82) is 0 Å². The third-order valence-corrected chi connectivity index (χ3v) is 3.31. The molecule has 6 nitrogen and oxygen atoms in total. The molecule has 142 valence electrons. The average molecular weight is 376 g/mol. The molecule has 0 heterocycles. The summed E-state index contributed by atoms with van der Waals surface area (Å²) in [4.78, 5) is 23.3. The number of benzene rings is 2. The van der Waals surface area contributed by atoms with Crippen LogP contribution in [0.25, 0.3) is 6.08 Å². The van der Waals surface area contributed by atoms with E-state index >= 15 is 0 Å². The summed E-state index contributed by atoms with van der Waals surface area (Å²) >= 11 is 0. The molecule has 0 saturated carbocycles. The molecule has 2 aromatic rings. The van der Waals surface area contributed by atoms with Gasteiger partial charge in [0.15, 0.2) is 0 Å². The smallest absolute Gasteiger partial charge is 0.387 e. The Hall–Kier alpha value is -3.42. The van der Waals surface area contributed by atoms with Crippen LogP contribution in [0.3, 0.4) is 0 Å². The topological polar surface area (TPSA) is 76.7 Å². The summed E-state index contributed by atoms with van der Waals surface area (Å²) < 4.78 is 33.6. The number of carbonyl (C=O) groups is 2. The van der Waals surface area contributed by atoms with E-state index in [9.17, 15) is 18.4 Å². The van der Waals surface area contributed by atoms with Gasteiger partial charge in [-0.1, -0.05) is 12.1 Å². The largest absolute Gasteiger partial charge is 0.495 e. The van der Waals surface area contributed by atoms with Crippen LogP contribution >= 0.6 is 0 Å². The summed E-state index contributed by atoms with van der Waals surface area (Å²) in [6.45, 7) is -1.52. The van der Waals surface area contributed by atoms with Gasteiger partial charge in [-0.3, -0.25) is 9.59 Å². The molecule has 8 heteroatoms. The van der Waals surface area contributed by atoms with Gasteiger partial charge < -0.3 is 20.1 Å². The van der Waals surface area contributed by atoms with Crippen LogP contribution in [-0.4, -0.2) is 25.5 Å². The van der Waals surface area contributed by atoms with Crippen LogP contribution in [0.4, 0.5) is 20.2 Å². The Labute approximate surface area is 154 Å². The van der Waals surface area contributed by atoms with Gasteiger partial charge in [0.25, 0.3) is 0 Å². The molecule has 0 bridgehead atoms. The molecule has 0 fully saturated rings. The average Bonchev–Trinajstić information content (AvgIpc) is 2.60. The quantitative estimate of drug-likeness (QED) is 0.719. The van der Waals surface area contributed by atoms with Crippen LogP contribution in [0, 0.1) is 0 Å². The molecule has 0 unspecified atom stereocenters. The molecular weight excluding hydrogens is 358 g/mol. The predicted octanol–water partition coefficient (Wildman–Crippen LogP) is 3.91. The molecule has 2 aromatic carbocycles. The molecule has 2 N–H and O–H groups in total. The lowest BCUT2D eigenvalue weighted by molar-refractivity contribution is -0.114. The zero-order valence-electron chi connectivity index (χ0n) is 14.7. The van der Waals surface area contributed by atoms with Crippen LogP contribution in [0.2, 0.25) is 0 Å². The van der Waals surface area contributed by atoms with Gasteiger partial charge in [-0.05, 0) is 42.0 Å². The maximum atomic E-state index is 12.1. The van der Waals surface area contributed by atoms with E-state index in [0.29, 0.717) is 22.7 Å². The van der Waals surface area contributed by atoms with Gasteiger partial charge in [0, 0.05) is 18.7 Å². The molecule has 0 spiro atoms. The second-order valence-corrected chi connectivity index (χ2v) is 5.37. The lowest BCUT2D eigenvalue weighted by atomic mass is 10.2. The number of methoxy groups -OCH3 is 1. The van der Waals surface area contributed by atoms with Gasteiger partial charge in [0.05, 0.1) is 12.8 Å². The van der Waals surface area contributed by atoms with E-state index in [-0.39, 0.29) is 11.7 Å². The highest BCUT2D eigenvalue weighted by atomic mass is 19.3. The van der Waals surface area contributed by atoms with E-state index < -0.39 is 12.5 Å². The van der Waals surface area contributed by atoms with Gasteiger partial charge >= 0.3 is 6.61 Å². The Morgan fingerprint density at radius 3 is 2.37 bits per heavy atom. The molecule has 2 amide bonds. The van der Waals surface area contributed by atoms with Crippen LogP contribution in [0.15, 0.2) is 48.5 Å². The second kappa shape index (κ2) is 9.33. The molecule has 0 saturated heterocycles. The van der Waals surface area contributed by atoms with Gasteiger partial charge in [-0.25, -0.2) is 0 Å². The summed E-state index contributed by atoms with van der Waals surface area (Å²) in [6, 6.07) is 10.7. The Morgan fingerprint density at radius 2 is 1.78 bits per heavy atom. The third-order valence-electron chi connectivity index (χ3n) is 3.31. The van der Waals surface area contributed by atoms with Crippen molar-refractivity contribution < 1.29 is 27.8 Å². The molecule has 2 rings (SSSR count). The summed E-state index contributed by atoms with van der Waals surface area (Å²) in [6.07, 6.45) is 2.82. The number of halogens is 2. The number of carbonyl (C=O) groups excluding carboxylic acids is 2. The number of ether oxygens (including phenoxy) is 2. The number of nitrogens with one attached hydrogen (secondary N) is 2. The fraction of sp³-hybridized carbons (Fsp3) is 0.158. The zero-order valence-corrected chi connectivity index (χ0v) is 14.7. The van der Waals surface area contributed by atoms with Crippen molar-refractivity contribution in [2.24, 2.45) is 0 Å². The first kappa shape index (κ1) is 19.9. The van der Waals surface area contributed by atoms with E-state index in [0.717, 1.165) is 0 Å². The standard InChI is InChI=1S/C19H18F2N2O4/c1-12(24)22-16-11-14(6-9-17(16)26-2)23-18(25)10-5-13-3-7-15(8-4-13)27-19(20)21/h3-11,19H,1-2H3,(H,22,24)(H,23,25)/b10-5+. The highest BCUT2D eigenvalue weighted by Crippen LogP contribution is 2.27. The second-order valence-electron chi connectivity index (χ2n) is 5.37. The maximum Gasteiger partial charge on any atom is 0.387 e. The number of anilines is 2. The van der Waals surface area contributed by atoms with Crippen LogP contribution in [0.5, 0.6) is 11.5 Å². The SMILES string of the molecule is COc1ccc(NC(=O)/C=C/c2ccc(OC(F)F)cc2)cc1NC(C)=O. The fourth-order valence-corrected chi connectivity index (χ4v) is 2.19. The molecule has 0 radical (unpaired) electrons. The highest BCUT2D eigenvalue weighted by Gasteiger charge is 2.07. The van der Waals surface area contributed by atoms with Crippen molar-refractivity contribution in [3.05, 3.63) is 54.1 Å². The molecule has 0 aromatic heterocycles. The van der Waals surface area contributed by atoms with Crippen molar-refractivity contribution in [3.63, 3.8) is 0 Å². The maximum absolute atomic E-state index is 12.1. The first-order valence-corrected chi connectivity index (χ1v) is 7.87. The van der Waals surface area contributed by atoms with Crippen molar-refractivity contribution >= 4 is 29.3 Å². The fourth-order valence-electron chi connectivity index (χ4n) is 2.19. The number of rotatable bonds is 7. The molecule has 0 aliphatic rings. The number of alkyl halides is 2. The lowest BCUT2D eigenvalue weighted by Gasteiger charge is -2.11. The Kier molecular flexibility index (Phi) is 6.87. The normalized spacial score (nSPS) is 10.7. The van der Waals surface area contributed by atoms with E-state index in [1.807, 2.05) is 0 Å². The van der Waals surface area contributed by atoms with Crippen molar-refractivity contribution in [2.45, 2.75) is 13.5 Å². The summed E-state index contributed by atoms with van der Waals surface area (Å²) in [7, 11) is 1.47. The first-order valence-electron chi connectivity index (χ1n) is 7.87. The number of hydrogen-bond acceptors (Lipinski definition) is 4. The van der Waals surface area contributed by atoms with Crippen LogP contribution < -0.4 is 20.1 Å². The van der Waals surface area contributed by atoms with Gasteiger partial charge in [-0.15, -0.1) is 0 Å². The molecule has 0 aliphatic carbocycles. The zero-order chi connectivity index (χ0) is 19.8. The van der Waals surface area contributed by atoms with Gasteiger partial charge in [0.2, 0.25) is 11.8 Å². The van der Waals surface area contributed by atoms with E-state index in [1.54, 1.807) is 30.3 Å². The van der Waals surface area contributed by atoms with Crippen molar-refractivity contribution in [3.8, 4) is 11.5 Å². The van der Waals surface area contributed by atoms with Crippen molar-refractivity contribution in [2.75, 3.05) is 17.7 Å². The highest BCUT2D eigenvalue weighted by molar-refractivity contribution is 6.02. The predicted molar refractivity (Wildman–Crippen MR) is 98.0 cm³/mol. The van der Waals surface area contributed by atoms with Gasteiger partial charge in [0.1, 0.15) is 11.5 Å². The van der Waals surface area contributed by atoms with E-state index in [2.05, 4.69) is 15.4 Å². The minimum absolute atomic E-state index is 0.0373. The molecule has 0 aliphatic heterocycles. The van der Waals surface area contributed by atoms with Crippen LogP contribution in [-0.2, 0) is 9.59 Å². The van der Waals surface area contributed by atoms with Gasteiger partial charge in [-0.2, -0.15) is 8.78 Å². The summed E-state index contributed by atoms with van der Waals surface area (Å²) in [5.41, 5.74) is 1.54. The monoisotopic (exact) mass is 376 g/mol. The molecular formula is C19H18F2N2O4. The Bertz CT molecular complexity index is 836. The summed E-state index contributed by atoms with van der Waals surface area (Å²) in [5, 5.41) is 5.27. The van der Waals surface area contributed by atoms with Crippen molar-refractivity contribution in [1.82, 2.24) is 0 Å². The first-order chi connectivity index (χ1) is 12.9. The minimum atomic E-state index is -2.89. The van der Waals surface area contributed by atoms with Crippen LogP contribution in [0.1, 0.15) is 12.5 Å². The molecule has 27 heavy (non-hydrogen) atoms. The third kappa shape index (κ3) is 6.43. The minimum Gasteiger partial charge on any atom is -0.495 e. The molecule has 0 atom stereocenters. The Balaban J connectivity index is 2.02. The Morgan fingerprint density at radius 1 is 1.07 bits per heavy atom. The van der Waals surface area contributed by atoms with E-state index in [1.165, 1.54) is 38.3 Å². The van der Waals surface area contributed by atoms with E-state index in [4.69, 9.17) is 4.74 Å². The lowest BCUT2D eigenvalue weighted by Crippen LogP contribution is -2.10.